The predicted octanol–water partition coefficient (Wildman–Crippen LogP) is 5.32. The first-order chi connectivity index (χ1) is 21.1. The molecule has 45 heavy (non-hydrogen) atoms. The van der Waals surface area contributed by atoms with Crippen molar-refractivity contribution in [3.8, 4) is 17.6 Å². The van der Waals surface area contributed by atoms with E-state index in [1.807, 2.05) is 11.8 Å². The minimum absolute atomic E-state index is 0.0630. The van der Waals surface area contributed by atoms with E-state index in [9.17, 15) is 31.2 Å². The maximum absolute atomic E-state index is 13.8. The molecule has 8 nitrogen and oxygen atoms in total. The van der Waals surface area contributed by atoms with Crippen molar-refractivity contribution in [2.45, 2.75) is 38.6 Å². The second-order valence-corrected chi connectivity index (χ2v) is 13.8. The lowest BCUT2D eigenvalue weighted by atomic mass is 10.0. The van der Waals surface area contributed by atoms with E-state index in [1.165, 1.54) is 43.9 Å². The molecule has 0 saturated carbocycles. The van der Waals surface area contributed by atoms with Crippen LogP contribution < -0.4 is 14.4 Å². The Morgan fingerprint density at radius 1 is 0.867 bits per heavy atom. The first kappa shape index (κ1) is 33.4. The largest absolute Gasteiger partial charge is 0.494 e. The van der Waals surface area contributed by atoms with E-state index in [-0.39, 0.29) is 29.8 Å². The van der Waals surface area contributed by atoms with Crippen LogP contribution in [-0.2, 0) is 16.2 Å². The molecule has 0 spiro atoms. The number of ether oxygens (including phenoxy) is 1. The fourth-order valence-corrected chi connectivity index (χ4v) is 5.14. The standard InChI is InChI=1S/C33H34F3N3O5S/c1-5-44-29-8-6-7-23(21-29)9-10-24-19-26(22-27(20-24)33(34,35)36)31(41)39-17-15-38(16-18-39)28-13-11-25(12-14-28)30(40)37-45(42,43)32(2,3)4/h6-8,11-14,19-22H,5,15-18H2,1-4H3,(H,37,40). The van der Waals surface area contributed by atoms with E-state index in [0.29, 0.717) is 31.0 Å². The Labute approximate surface area is 261 Å². The molecule has 2 amide bonds. The number of hydrogen-bond donors (Lipinski definition) is 1. The number of halogens is 3. The molecule has 0 aromatic heterocycles. The molecule has 4 rings (SSSR count). The van der Waals surface area contributed by atoms with Crippen molar-refractivity contribution in [1.82, 2.24) is 9.62 Å². The summed E-state index contributed by atoms with van der Waals surface area (Å²) in [4.78, 5) is 29.3. The minimum atomic E-state index is -4.67. The van der Waals surface area contributed by atoms with Crippen LogP contribution in [-0.4, -0.2) is 62.7 Å². The van der Waals surface area contributed by atoms with Crippen LogP contribution in [0, 0.1) is 11.8 Å². The average molecular weight is 642 g/mol. The Morgan fingerprint density at radius 2 is 1.51 bits per heavy atom. The van der Waals surface area contributed by atoms with Gasteiger partial charge in [-0.2, -0.15) is 13.2 Å². The van der Waals surface area contributed by atoms with Crippen LogP contribution in [0.3, 0.4) is 0 Å². The van der Waals surface area contributed by atoms with E-state index in [1.54, 1.807) is 36.4 Å². The lowest BCUT2D eigenvalue weighted by Crippen LogP contribution is -2.48. The normalized spacial score (nSPS) is 13.9. The Hall–Kier alpha value is -4.50. The van der Waals surface area contributed by atoms with Gasteiger partial charge < -0.3 is 14.5 Å². The van der Waals surface area contributed by atoms with E-state index >= 15 is 0 Å². The number of alkyl halides is 3. The van der Waals surface area contributed by atoms with Gasteiger partial charge in [-0.3, -0.25) is 9.59 Å². The predicted molar refractivity (Wildman–Crippen MR) is 166 cm³/mol. The van der Waals surface area contributed by atoms with Crippen LogP contribution in [0.25, 0.3) is 0 Å². The number of carbonyl (C=O) groups is 2. The quantitative estimate of drug-likeness (QED) is 0.366. The summed E-state index contributed by atoms with van der Waals surface area (Å²) in [6, 6.07) is 16.4. The van der Waals surface area contributed by atoms with Crippen molar-refractivity contribution in [2.75, 3.05) is 37.7 Å². The Kier molecular flexibility index (Phi) is 9.83. The van der Waals surface area contributed by atoms with Crippen molar-refractivity contribution >= 4 is 27.5 Å². The molecule has 3 aromatic rings. The summed E-state index contributed by atoms with van der Waals surface area (Å²) in [5.41, 5.74) is 0.484. The minimum Gasteiger partial charge on any atom is -0.494 e. The topological polar surface area (TPSA) is 96.0 Å². The number of nitrogens with zero attached hydrogens (tertiary/aromatic N) is 2. The second-order valence-electron chi connectivity index (χ2n) is 11.4. The summed E-state index contributed by atoms with van der Waals surface area (Å²) in [7, 11) is -3.87. The molecule has 238 valence electrons. The number of anilines is 1. The van der Waals surface area contributed by atoms with E-state index in [4.69, 9.17) is 4.74 Å². The van der Waals surface area contributed by atoms with Crippen LogP contribution >= 0.6 is 0 Å². The molecule has 1 fully saturated rings. The molecular weight excluding hydrogens is 607 g/mol. The lowest BCUT2D eigenvalue weighted by Gasteiger charge is -2.36. The highest BCUT2D eigenvalue weighted by Crippen LogP contribution is 2.31. The molecule has 1 N–H and O–H groups in total. The molecule has 0 atom stereocenters. The van der Waals surface area contributed by atoms with Gasteiger partial charge >= 0.3 is 6.18 Å². The molecule has 1 aliphatic rings. The summed E-state index contributed by atoms with van der Waals surface area (Å²) in [6.45, 7) is 8.07. The van der Waals surface area contributed by atoms with Crippen molar-refractivity contribution < 1.29 is 35.9 Å². The summed E-state index contributed by atoms with van der Waals surface area (Å²) in [6.07, 6.45) is -4.67. The molecule has 0 radical (unpaired) electrons. The summed E-state index contributed by atoms with van der Waals surface area (Å²) >= 11 is 0. The van der Waals surface area contributed by atoms with Crippen molar-refractivity contribution in [3.63, 3.8) is 0 Å². The van der Waals surface area contributed by atoms with Gasteiger partial charge in [-0.05, 0) is 88.4 Å². The first-order valence-corrected chi connectivity index (χ1v) is 15.7. The molecule has 1 aliphatic heterocycles. The molecule has 0 aliphatic carbocycles. The SMILES string of the molecule is CCOc1cccc(C#Cc2cc(C(=O)N3CCN(c4ccc(C(=O)NS(=O)(=O)C(C)(C)C)cc4)CC3)cc(C(F)(F)F)c2)c1. The number of amides is 2. The lowest BCUT2D eigenvalue weighted by molar-refractivity contribution is -0.137. The smallest absolute Gasteiger partial charge is 0.416 e. The zero-order valence-electron chi connectivity index (χ0n) is 25.4. The fourth-order valence-electron chi connectivity index (χ4n) is 4.47. The van der Waals surface area contributed by atoms with Crippen LogP contribution in [0.1, 0.15) is 65.1 Å². The van der Waals surface area contributed by atoms with Crippen molar-refractivity contribution in [2.24, 2.45) is 0 Å². The third-order valence-corrected chi connectivity index (χ3v) is 9.16. The number of nitrogens with one attached hydrogen (secondary N) is 1. The van der Waals surface area contributed by atoms with Crippen molar-refractivity contribution in [1.29, 1.82) is 0 Å². The molecular formula is C33H34F3N3O5S. The van der Waals surface area contributed by atoms with Crippen molar-refractivity contribution in [3.05, 3.63) is 94.5 Å². The van der Waals surface area contributed by atoms with Gasteiger partial charge in [0.1, 0.15) is 5.75 Å². The zero-order valence-corrected chi connectivity index (χ0v) is 26.2. The number of rotatable bonds is 6. The maximum atomic E-state index is 13.8. The van der Waals surface area contributed by atoms with Gasteiger partial charge in [-0.15, -0.1) is 0 Å². The van der Waals surface area contributed by atoms with Gasteiger partial charge in [0, 0.05) is 54.1 Å². The monoisotopic (exact) mass is 641 g/mol. The van der Waals surface area contributed by atoms with Gasteiger partial charge in [0.15, 0.2) is 0 Å². The first-order valence-electron chi connectivity index (χ1n) is 14.3. The summed E-state index contributed by atoms with van der Waals surface area (Å²) in [5, 5.41) is 0. The number of hydrogen-bond acceptors (Lipinski definition) is 6. The van der Waals surface area contributed by atoms with Crippen LogP contribution in [0.2, 0.25) is 0 Å². The summed E-state index contributed by atoms with van der Waals surface area (Å²) < 4.78 is 72.3. The average Bonchev–Trinajstić information content (AvgIpc) is 2.99. The highest BCUT2D eigenvalue weighted by Gasteiger charge is 2.33. The molecule has 1 heterocycles. The van der Waals surface area contributed by atoms with Crippen LogP contribution in [0.4, 0.5) is 18.9 Å². The van der Waals surface area contributed by atoms with E-state index in [0.717, 1.165) is 17.8 Å². The number of carbonyl (C=O) groups excluding carboxylic acids is 2. The van der Waals surface area contributed by atoms with E-state index < -0.39 is 38.3 Å². The zero-order chi connectivity index (χ0) is 33.0. The summed E-state index contributed by atoms with van der Waals surface area (Å²) in [5.74, 6) is 4.93. The van der Waals surface area contributed by atoms with Gasteiger partial charge in [0.2, 0.25) is 10.0 Å². The van der Waals surface area contributed by atoms with Gasteiger partial charge in [0.05, 0.1) is 16.9 Å². The molecule has 0 bridgehead atoms. The van der Waals surface area contributed by atoms with Gasteiger partial charge in [-0.1, -0.05) is 17.9 Å². The molecule has 0 unspecified atom stereocenters. The molecule has 3 aromatic carbocycles. The fraction of sp³-hybridized carbons (Fsp3) is 0.333. The van der Waals surface area contributed by atoms with Gasteiger partial charge in [0.25, 0.3) is 11.8 Å². The number of benzene rings is 3. The highest BCUT2D eigenvalue weighted by molar-refractivity contribution is 7.91. The molecule has 12 heteroatoms. The van der Waals surface area contributed by atoms with Crippen LogP contribution in [0.15, 0.2) is 66.7 Å². The van der Waals surface area contributed by atoms with E-state index in [2.05, 4.69) is 16.6 Å². The Bertz CT molecular complexity index is 1730. The highest BCUT2D eigenvalue weighted by atomic mass is 32.2. The Balaban J connectivity index is 1.45. The third kappa shape index (κ3) is 8.36. The number of piperazine rings is 1. The third-order valence-electron chi connectivity index (χ3n) is 7.10. The Morgan fingerprint density at radius 3 is 2.11 bits per heavy atom. The maximum Gasteiger partial charge on any atom is 0.416 e. The van der Waals surface area contributed by atoms with Crippen LogP contribution in [0.5, 0.6) is 5.75 Å². The second kappa shape index (κ2) is 13.2. The molecule has 1 saturated heterocycles. The van der Waals surface area contributed by atoms with Gasteiger partial charge in [-0.25, -0.2) is 13.1 Å². The number of sulfonamides is 1.